The van der Waals surface area contributed by atoms with Crippen molar-refractivity contribution in [3.8, 4) is 0 Å². The van der Waals surface area contributed by atoms with Crippen LogP contribution in [0.1, 0.15) is 6.42 Å². The second kappa shape index (κ2) is 12.3. The van der Waals surface area contributed by atoms with Gasteiger partial charge in [0.25, 0.3) is 5.71 Å². The van der Waals surface area contributed by atoms with Crippen LogP contribution in [0.4, 0.5) is 0 Å². The van der Waals surface area contributed by atoms with Crippen molar-refractivity contribution in [3.05, 3.63) is 120 Å². The van der Waals surface area contributed by atoms with Crippen molar-refractivity contribution in [1.82, 2.24) is 0 Å². The molecule has 3 nitrogen and oxygen atoms in total. The zero-order valence-corrected chi connectivity index (χ0v) is 19.6. The molecule has 1 aliphatic rings. The van der Waals surface area contributed by atoms with Gasteiger partial charge in [0, 0.05) is 11.6 Å². The molecule has 0 aliphatic heterocycles. The van der Waals surface area contributed by atoms with Gasteiger partial charge in [0.1, 0.15) is 0 Å². The summed E-state index contributed by atoms with van der Waals surface area (Å²) in [6, 6.07) is 32.3. The number of benzene rings is 3. The third kappa shape index (κ3) is 6.60. The highest BCUT2D eigenvalue weighted by molar-refractivity contribution is 7.79. The molecule has 6 heteroatoms. The Bertz CT molecular complexity index is 1050. The quantitative estimate of drug-likeness (QED) is 0.210. The van der Waals surface area contributed by atoms with Crippen molar-refractivity contribution >= 4 is 58.5 Å². The Balaban J connectivity index is 0.000000195. The molecular formula is C26H21Cl2N2OP. The first-order valence-corrected chi connectivity index (χ1v) is 12.2. The van der Waals surface area contributed by atoms with E-state index in [1.807, 2.05) is 0 Å². The number of halogens is 2. The number of carbonyl (C=O) groups is 1. The molecule has 0 saturated carbocycles. The van der Waals surface area contributed by atoms with Crippen molar-refractivity contribution < 1.29 is 9.58 Å². The average molecular weight is 479 g/mol. The topological polar surface area (TPSA) is 53.5 Å². The van der Waals surface area contributed by atoms with Crippen LogP contribution in [-0.4, -0.2) is 21.1 Å². The van der Waals surface area contributed by atoms with Gasteiger partial charge in [-0.15, -0.1) is 0 Å². The Labute approximate surface area is 199 Å². The lowest BCUT2D eigenvalue weighted by atomic mass is 10.0. The number of hydrogen-bond donors (Lipinski definition) is 0. The van der Waals surface area contributed by atoms with E-state index >= 15 is 0 Å². The molecule has 4 rings (SSSR count). The van der Waals surface area contributed by atoms with Crippen molar-refractivity contribution in [1.29, 1.82) is 0 Å². The molecule has 32 heavy (non-hydrogen) atoms. The highest BCUT2D eigenvalue weighted by Gasteiger charge is 2.18. The number of rotatable bonds is 5. The van der Waals surface area contributed by atoms with Crippen LogP contribution in [-0.2, 0) is 4.79 Å². The van der Waals surface area contributed by atoms with Gasteiger partial charge < -0.3 is 5.53 Å². The molecular weight excluding hydrogens is 458 g/mol. The zero-order chi connectivity index (χ0) is 22.8. The summed E-state index contributed by atoms with van der Waals surface area (Å²) in [6.45, 7) is 0. The summed E-state index contributed by atoms with van der Waals surface area (Å²) in [5.41, 5.74) is 9.34. The minimum atomic E-state index is -1.04. The van der Waals surface area contributed by atoms with E-state index in [2.05, 4.69) is 95.8 Å². The molecule has 0 unspecified atom stereocenters. The maximum absolute atomic E-state index is 11.2. The first-order chi connectivity index (χ1) is 15.6. The Morgan fingerprint density at radius 1 is 0.781 bits per heavy atom. The largest absolute Gasteiger partial charge is 0.361 e. The standard InChI is InChI=1S/C18H15P.C8H6Cl2N2O/c1-4-10-16(11-5-1)19(17-12-6-2-7-13-17)18-14-8-3-9-15-18;9-8(10)7(13)5-1-3-6(12-11)4-2-5/h1-15H;1-3,8H,4H2. The predicted molar refractivity (Wildman–Crippen MR) is 136 cm³/mol. The minimum Gasteiger partial charge on any atom is -0.361 e. The molecule has 0 atom stereocenters. The summed E-state index contributed by atoms with van der Waals surface area (Å²) in [4.78, 5) is 13.2. The Hall–Kier alpha value is -2.80. The smallest absolute Gasteiger partial charge is 0.295 e. The molecule has 0 spiro atoms. The number of allylic oxidation sites excluding steroid dienone is 4. The monoisotopic (exact) mass is 478 g/mol. The molecule has 0 amide bonds. The summed E-state index contributed by atoms with van der Waals surface area (Å²) in [7, 11) is -0.446. The predicted octanol–water partition coefficient (Wildman–Crippen LogP) is 5.36. The lowest BCUT2D eigenvalue weighted by Crippen LogP contribution is -2.20. The minimum absolute atomic E-state index is 0.337. The number of carbonyl (C=O) groups excluding carboxylic acids is 1. The summed E-state index contributed by atoms with van der Waals surface area (Å²) in [5, 5.41) is 4.19. The molecule has 3 aromatic rings. The van der Waals surface area contributed by atoms with E-state index < -0.39 is 12.8 Å². The van der Waals surface area contributed by atoms with Crippen molar-refractivity contribution in [2.45, 2.75) is 11.3 Å². The highest BCUT2D eigenvalue weighted by Crippen LogP contribution is 2.32. The van der Waals surface area contributed by atoms with E-state index in [1.54, 1.807) is 12.2 Å². The van der Waals surface area contributed by atoms with E-state index in [0.29, 0.717) is 17.7 Å². The fourth-order valence-corrected chi connectivity index (χ4v) is 5.66. The van der Waals surface area contributed by atoms with Crippen LogP contribution >= 0.6 is 31.1 Å². The van der Waals surface area contributed by atoms with Crippen LogP contribution < -0.4 is 15.9 Å². The van der Waals surface area contributed by atoms with Crippen molar-refractivity contribution in [2.24, 2.45) is 0 Å². The van der Waals surface area contributed by atoms with Gasteiger partial charge in [0.2, 0.25) is 0 Å². The fraction of sp³-hybridized carbons (Fsp3) is 0.0769. The highest BCUT2D eigenvalue weighted by atomic mass is 35.5. The Morgan fingerprint density at radius 3 is 1.53 bits per heavy atom. The van der Waals surface area contributed by atoms with Crippen molar-refractivity contribution in [3.63, 3.8) is 0 Å². The average Bonchev–Trinajstić information content (AvgIpc) is 2.86. The SMILES string of the molecule is [N-]=[N+]=C1C=CC(C(=O)C(Cl)Cl)=CC1.c1ccc(P(c2ccccc2)c2ccccc2)cc1. The van der Waals surface area contributed by atoms with Crippen LogP contribution in [0.5, 0.6) is 0 Å². The second-order valence-corrected chi connectivity index (χ2v) is 10.1. The maximum atomic E-state index is 11.2. The molecule has 0 fully saturated rings. The summed E-state index contributed by atoms with van der Waals surface area (Å²) < 4.78 is 0. The van der Waals surface area contributed by atoms with E-state index in [0.717, 1.165) is 0 Å². The van der Waals surface area contributed by atoms with Gasteiger partial charge in [0.05, 0.1) is 6.42 Å². The molecule has 0 saturated heterocycles. The van der Waals surface area contributed by atoms with E-state index in [9.17, 15) is 4.79 Å². The van der Waals surface area contributed by atoms with Crippen molar-refractivity contribution in [2.75, 3.05) is 0 Å². The van der Waals surface area contributed by atoms with Gasteiger partial charge in [-0.05, 0) is 29.9 Å². The third-order valence-electron chi connectivity index (χ3n) is 4.64. The molecule has 1 aliphatic carbocycles. The fourth-order valence-electron chi connectivity index (χ4n) is 3.10. The Morgan fingerprint density at radius 2 is 1.22 bits per heavy atom. The molecule has 0 heterocycles. The Kier molecular flexibility index (Phi) is 9.16. The number of Topliss-reactive ketones (excluding diaryl/α,β-unsaturated/α-hetero) is 1. The summed E-state index contributed by atoms with van der Waals surface area (Å²) in [5.74, 6) is -0.337. The molecule has 0 N–H and O–H groups in total. The molecule has 160 valence electrons. The van der Waals surface area contributed by atoms with Crippen LogP contribution in [0.25, 0.3) is 5.53 Å². The van der Waals surface area contributed by atoms with E-state index in [1.165, 1.54) is 22.0 Å². The van der Waals surface area contributed by atoms with Gasteiger partial charge in [0.15, 0.2) is 10.6 Å². The summed E-state index contributed by atoms with van der Waals surface area (Å²) >= 11 is 10.8. The lowest BCUT2D eigenvalue weighted by Gasteiger charge is -2.18. The lowest BCUT2D eigenvalue weighted by molar-refractivity contribution is -0.113. The zero-order valence-electron chi connectivity index (χ0n) is 17.2. The van der Waals surface area contributed by atoms with Crippen LogP contribution in [0.3, 0.4) is 0 Å². The molecule has 3 aromatic carbocycles. The molecule has 0 radical (unpaired) electrons. The van der Waals surface area contributed by atoms with Gasteiger partial charge in [-0.25, -0.2) is 0 Å². The third-order valence-corrected chi connectivity index (χ3v) is 7.48. The number of alkyl halides is 2. The van der Waals surface area contributed by atoms with Gasteiger partial charge in [-0.1, -0.05) is 120 Å². The molecule has 0 bridgehead atoms. The van der Waals surface area contributed by atoms with Crippen LogP contribution in [0.15, 0.2) is 115 Å². The van der Waals surface area contributed by atoms with E-state index in [4.69, 9.17) is 28.7 Å². The van der Waals surface area contributed by atoms with Gasteiger partial charge in [-0.2, -0.15) is 4.79 Å². The van der Waals surface area contributed by atoms with Gasteiger partial charge >= 0.3 is 0 Å². The van der Waals surface area contributed by atoms with Gasteiger partial charge in [-0.3, -0.25) is 4.79 Å². The van der Waals surface area contributed by atoms with E-state index in [-0.39, 0.29) is 5.78 Å². The number of hydrogen-bond acceptors (Lipinski definition) is 1. The molecule has 0 aromatic heterocycles. The first kappa shape index (κ1) is 23.9. The first-order valence-electron chi connectivity index (χ1n) is 9.97. The maximum Gasteiger partial charge on any atom is 0.295 e. The summed E-state index contributed by atoms with van der Waals surface area (Å²) in [6.07, 6.45) is 5.10. The number of nitrogens with zero attached hydrogens (tertiary/aromatic N) is 2. The van der Waals surface area contributed by atoms with Crippen LogP contribution in [0, 0.1) is 0 Å². The van der Waals surface area contributed by atoms with Crippen LogP contribution in [0.2, 0.25) is 0 Å². The normalized spacial score (nSPS) is 12.6. The number of ketones is 1. The second-order valence-electron chi connectivity index (χ2n) is 6.80.